The fraction of sp³-hybridized carbons (Fsp3) is 1.00. The first-order chi connectivity index (χ1) is 8.73. The summed E-state index contributed by atoms with van der Waals surface area (Å²) in [5.74, 6) is -0.424. The summed E-state index contributed by atoms with van der Waals surface area (Å²) in [4.78, 5) is 0. The summed E-state index contributed by atoms with van der Waals surface area (Å²) in [5.41, 5.74) is 0. The lowest BCUT2D eigenvalue weighted by Gasteiger charge is -2.30. The van der Waals surface area contributed by atoms with Crippen molar-refractivity contribution in [1.29, 1.82) is 0 Å². The number of hydrogen-bond acceptors (Lipinski definition) is 3. The van der Waals surface area contributed by atoms with Gasteiger partial charge in [-0.25, -0.2) is 0 Å². The van der Waals surface area contributed by atoms with Crippen molar-refractivity contribution in [2.24, 2.45) is 5.92 Å². The van der Waals surface area contributed by atoms with Crippen LogP contribution in [0.2, 0.25) is 0 Å². The molecule has 0 spiro atoms. The third-order valence-electron chi connectivity index (χ3n) is 3.98. The minimum Gasteiger partial charge on any atom is -0.396 e. The largest absolute Gasteiger partial charge is 0.396 e. The monoisotopic (exact) mass is 258 g/mol. The van der Waals surface area contributed by atoms with Gasteiger partial charge in [0.2, 0.25) is 0 Å². The topological polar surface area (TPSA) is 38.7 Å². The Morgan fingerprint density at radius 3 is 2.11 bits per heavy atom. The summed E-state index contributed by atoms with van der Waals surface area (Å²) in [5, 5.41) is 9.46. The van der Waals surface area contributed by atoms with Crippen LogP contribution in [0.3, 0.4) is 0 Å². The van der Waals surface area contributed by atoms with E-state index in [0.29, 0.717) is 13.2 Å². The highest BCUT2D eigenvalue weighted by molar-refractivity contribution is 4.78. The van der Waals surface area contributed by atoms with Gasteiger partial charge in [-0.2, -0.15) is 0 Å². The second-order valence-corrected chi connectivity index (χ2v) is 5.50. The van der Waals surface area contributed by atoms with Crippen LogP contribution in [0.25, 0.3) is 0 Å². The average molecular weight is 258 g/mol. The quantitative estimate of drug-likeness (QED) is 0.610. The van der Waals surface area contributed by atoms with Crippen LogP contribution >= 0.6 is 0 Å². The highest BCUT2D eigenvalue weighted by Crippen LogP contribution is 2.31. The Bertz CT molecular complexity index is 200. The Kier molecular flexibility index (Phi) is 7.87. The van der Waals surface area contributed by atoms with E-state index in [0.717, 1.165) is 6.42 Å². The van der Waals surface area contributed by atoms with Gasteiger partial charge < -0.3 is 14.6 Å². The summed E-state index contributed by atoms with van der Waals surface area (Å²) in [6, 6.07) is 0. The zero-order valence-corrected chi connectivity index (χ0v) is 12.1. The lowest BCUT2D eigenvalue weighted by Crippen LogP contribution is -2.38. The molecule has 108 valence electrons. The predicted octanol–water partition coefficient (Wildman–Crippen LogP) is 3.50. The number of ether oxygens (including phenoxy) is 2. The molecule has 3 nitrogen and oxygen atoms in total. The maximum absolute atomic E-state index is 9.46. The minimum absolute atomic E-state index is 0.121. The van der Waals surface area contributed by atoms with Crippen molar-refractivity contribution in [1.82, 2.24) is 0 Å². The lowest BCUT2D eigenvalue weighted by molar-refractivity contribution is -0.191. The molecule has 1 aliphatic heterocycles. The van der Waals surface area contributed by atoms with Gasteiger partial charge in [0.15, 0.2) is 5.79 Å². The molecule has 1 rings (SSSR count). The van der Waals surface area contributed by atoms with Crippen molar-refractivity contribution in [3.8, 4) is 0 Å². The van der Waals surface area contributed by atoms with Crippen molar-refractivity contribution in [3.63, 3.8) is 0 Å². The van der Waals surface area contributed by atoms with Crippen LogP contribution in [-0.2, 0) is 9.47 Å². The number of aliphatic hydroxyl groups excluding tert-OH is 1. The zero-order valence-electron chi connectivity index (χ0n) is 12.1. The van der Waals surface area contributed by atoms with Gasteiger partial charge in [-0.1, -0.05) is 51.9 Å². The summed E-state index contributed by atoms with van der Waals surface area (Å²) >= 11 is 0. The van der Waals surface area contributed by atoms with Crippen molar-refractivity contribution in [3.05, 3.63) is 0 Å². The summed E-state index contributed by atoms with van der Waals surface area (Å²) in [6.07, 6.45) is 10.1. The number of unbranched alkanes of at least 4 members (excludes halogenated alkanes) is 6. The third kappa shape index (κ3) is 5.25. The molecule has 0 aromatic carbocycles. The molecule has 1 saturated heterocycles. The molecule has 0 bridgehead atoms. The van der Waals surface area contributed by atoms with Crippen molar-refractivity contribution in [2.75, 3.05) is 19.8 Å². The summed E-state index contributed by atoms with van der Waals surface area (Å²) < 4.78 is 11.2. The average Bonchev–Trinajstić information content (AvgIpc) is 2.80. The molecule has 0 amide bonds. The molecule has 1 fully saturated rings. The summed E-state index contributed by atoms with van der Waals surface area (Å²) in [6.45, 7) is 5.68. The molecule has 0 aromatic heterocycles. The van der Waals surface area contributed by atoms with Gasteiger partial charge in [-0.3, -0.25) is 0 Å². The second kappa shape index (κ2) is 8.89. The molecular formula is C15H30O3. The highest BCUT2D eigenvalue weighted by Gasteiger charge is 2.38. The van der Waals surface area contributed by atoms with Crippen LogP contribution in [0.1, 0.15) is 65.2 Å². The van der Waals surface area contributed by atoms with E-state index in [4.69, 9.17) is 9.47 Å². The second-order valence-electron chi connectivity index (χ2n) is 5.50. The summed E-state index contributed by atoms with van der Waals surface area (Å²) in [7, 11) is 0. The van der Waals surface area contributed by atoms with Crippen LogP contribution in [0.5, 0.6) is 0 Å². The predicted molar refractivity (Wildman–Crippen MR) is 73.5 cm³/mol. The van der Waals surface area contributed by atoms with Gasteiger partial charge >= 0.3 is 0 Å². The van der Waals surface area contributed by atoms with Crippen LogP contribution in [0.15, 0.2) is 0 Å². The van der Waals surface area contributed by atoms with Gasteiger partial charge in [0, 0.05) is 5.92 Å². The van der Waals surface area contributed by atoms with Gasteiger partial charge in [0.05, 0.1) is 19.8 Å². The fourth-order valence-corrected chi connectivity index (χ4v) is 2.63. The molecule has 1 unspecified atom stereocenters. The Hall–Kier alpha value is -0.120. The first kappa shape index (κ1) is 15.9. The SMILES string of the molecule is CCCCCCCCCC(CO)C1(C)OCCO1. The number of aliphatic hydroxyl groups is 1. The van der Waals surface area contributed by atoms with Gasteiger partial charge in [0.1, 0.15) is 0 Å². The Morgan fingerprint density at radius 2 is 1.56 bits per heavy atom. The Morgan fingerprint density at radius 1 is 1.00 bits per heavy atom. The smallest absolute Gasteiger partial charge is 0.170 e. The Balaban J connectivity index is 2.08. The van der Waals surface area contributed by atoms with E-state index in [1.807, 2.05) is 6.92 Å². The first-order valence-electron chi connectivity index (χ1n) is 7.61. The molecule has 18 heavy (non-hydrogen) atoms. The first-order valence-corrected chi connectivity index (χ1v) is 7.61. The Labute approximate surface area is 112 Å². The van der Waals surface area contributed by atoms with E-state index in [9.17, 15) is 5.11 Å². The van der Waals surface area contributed by atoms with Gasteiger partial charge in [-0.05, 0) is 13.3 Å². The molecule has 3 heteroatoms. The highest BCUT2D eigenvalue weighted by atomic mass is 16.7. The van der Waals surface area contributed by atoms with Crippen LogP contribution in [-0.4, -0.2) is 30.7 Å². The van der Waals surface area contributed by atoms with E-state index in [-0.39, 0.29) is 12.5 Å². The molecular weight excluding hydrogens is 228 g/mol. The van der Waals surface area contributed by atoms with Gasteiger partial charge in [0.25, 0.3) is 0 Å². The van der Waals surface area contributed by atoms with Crippen LogP contribution in [0, 0.1) is 5.92 Å². The normalized spacial score (nSPS) is 20.2. The standard InChI is InChI=1S/C15H30O3/c1-3-4-5-6-7-8-9-10-14(13-16)15(2)17-11-12-18-15/h14,16H,3-13H2,1-2H3. The van der Waals surface area contributed by atoms with Crippen molar-refractivity contribution < 1.29 is 14.6 Å². The van der Waals surface area contributed by atoms with Crippen molar-refractivity contribution in [2.45, 2.75) is 71.0 Å². The molecule has 1 heterocycles. The van der Waals surface area contributed by atoms with Gasteiger partial charge in [-0.15, -0.1) is 0 Å². The van der Waals surface area contributed by atoms with Crippen LogP contribution < -0.4 is 0 Å². The molecule has 0 radical (unpaired) electrons. The van der Waals surface area contributed by atoms with E-state index >= 15 is 0 Å². The number of rotatable bonds is 10. The fourth-order valence-electron chi connectivity index (χ4n) is 2.63. The van der Waals surface area contributed by atoms with E-state index in [2.05, 4.69) is 6.92 Å². The van der Waals surface area contributed by atoms with E-state index in [1.165, 1.54) is 44.9 Å². The molecule has 1 aliphatic rings. The van der Waals surface area contributed by atoms with Crippen LogP contribution in [0.4, 0.5) is 0 Å². The number of hydrogen-bond donors (Lipinski definition) is 1. The molecule has 1 atom stereocenters. The van der Waals surface area contributed by atoms with E-state index < -0.39 is 5.79 Å². The zero-order chi connectivity index (χ0) is 13.3. The van der Waals surface area contributed by atoms with E-state index in [1.54, 1.807) is 0 Å². The molecule has 1 N–H and O–H groups in total. The minimum atomic E-state index is -0.545. The maximum atomic E-state index is 9.46. The molecule has 0 aromatic rings. The third-order valence-corrected chi connectivity index (χ3v) is 3.98. The maximum Gasteiger partial charge on any atom is 0.170 e. The molecule has 0 saturated carbocycles. The molecule has 0 aliphatic carbocycles. The lowest BCUT2D eigenvalue weighted by atomic mass is 9.93. The van der Waals surface area contributed by atoms with Crippen molar-refractivity contribution >= 4 is 0 Å².